The van der Waals surface area contributed by atoms with Crippen LogP contribution in [0.2, 0.25) is 0 Å². The standard InChI is InChI=1S/C8H18N2O2/c1-3-6(2)7(9)8(12)10-4-5-11/h6-7,11H,3-5,9H2,1-2H3,(H,10,12)/t6-,7-/m0/s1. The van der Waals surface area contributed by atoms with Crippen LogP contribution >= 0.6 is 0 Å². The summed E-state index contributed by atoms with van der Waals surface area (Å²) in [5.74, 6) is 0.00194. The van der Waals surface area contributed by atoms with E-state index in [0.717, 1.165) is 6.42 Å². The number of amides is 1. The minimum atomic E-state index is -0.457. The SMILES string of the molecule is CC[C@H](C)[C@H](N)C(=O)NCCO. The third kappa shape index (κ3) is 3.69. The molecule has 4 N–H and O–H groups in total. The Morgan fingerprint density at radius 2 is 2.25 bits per heavy atom. The molecule has 0 fully saturated rings. The molecule has 0 spiro atoms. The summed E-state index contributed by atoms with van der Waals surface area (Å²) in [6, 6.07) is -0.457. The zero-order chi connectivity index (χ0) is 9.56. The highest BCUT2D eigenvalue weighted by molar-refractivity contribution is 5.81. The van der Waals surface area contributed by atoms with Crippen LogP contribution < -0.4 is 11.1 Å². The number of carbonyl (C=O) groups excluding carboxylic acids is 1. The van der Waals surface area contributed by atoms with Gasteiger partial charge in [0.05, 0.1) is 12.6 Å². The second kappa shape index (κ2) is 5.97. The van der Waals surface area contributed by atoms with E-state index in [4.69, 9.17) is 10.8 Å². The van der Waals surface area contributed by atoms with Crippen LogP contribution in [0.25, 0.3) is 0 Å². The lowest BCUT2D eigenvalue weighted by Gasteiger charge is -2.17. The molecule has 72 valence electrons. The topological polar surface area (TPSA) is 75.4 Å². The van der Waals surface area contributed by atoms with Crippen molar-refractivity contribution in [2.75, 3.05) is 13.2 Å². The fourth-order valence-electron chi connectivity index (χ4n) is 0.809. The normalized spacial score (nSPS) is 15.3. The first kappa shape index (κ1) is 11.4. The minimum absolute atomic E-state index is 0.0427. The Bertz CT molecular complexity index is 139. The van der Waals surface area contributed by atoms with Crippen molar-refractivity contribution in [3.05, 3.63) is 0 Å². The van der Waals surface area contributed by atoms with E-state index in [2.05, 4.69) is 5.32 Å². The lowest BCUT2D eigenvalue weighted by atomic mass is 9.99. The summed E-state index contributed by atoms with van der Waals surface area (Å²) >= 11 is 0. The molecule has 4 nitrogen and oxygen atoms in total. The molecule has 12 heavy (non-hydrogen) atoms. The van der Waals surface area contributed by atoms with Crippen LogP contribution in [0.4, 0.5) is 0 Å². The van der Waals surface area contributed by atoms with Gasteiger partial charge in [-0.25, -0.2) is 0 Å². The zero-order valence-electron chi connectivity index (χ0n) is 7.71. The van der Waals surface area contributed by atoms with Crippen molar-refractivity contribution < 1.29 is 9.90 Å². The number of nitrogens with one attached hydrogen (secondary N) is 1. The maximum absolute atomic E-state index is 11.2. The van der Waals surface area contributed by atoms with Gasteiger partial charge in [-0.15, -0.1) is 0 Å². The van der Waals surface area contributed by atoms with E-state index in [1.54, 1.807) is 0 Å². The summed E-state index contributed by atoms with van der Waals surface area (Å²) in [4.78, 5) is 11.2. The lowest BCUT2D eigenvalue weighted by Crippen LogP contribution is -2.45. The molecule has 0 saturated heterocycles. The maximum Gasteiger partial charge on any atom is 0.237 e. The summed E-state index contributed by atoms with van der Waals surface area (Å²) in [7, 11) is 0. The summed E-state index contributed by atoms with van der Waals surface area (Å²) in [5, 5.41) is 11.0. The average Bonchev–Trinajstić information content (AvgIpc) is 2.11. The molecule has 1 amide bonds. The summed E-state index contributed by atoms with van der Waals surface area (Å²) in [5.41, 5.74) is 5.62. The van der Waals surface area contributed by atoms with Crippen LogP contribution in [0.15, 0.2) is 0 Å². The van der Waals surface area contributed by atoms with Crippen LogP contribution in [0.3, 0.4) is 0 Å². The van der Waals surface area contributed by atoms with Gasteiger partial charge in [-0.1, -0.05) is 20.3 Å². The lowest BCUT2D eigenvalue weighted by molar-refractivity contribution is -0.123. The second-order valence-corrected chi connectivity index (χ2v) is 2.93. The van der Waals surface area contributed by atoms with Crippen molar-refractivity contribution in [1.29, 1.82) is 0 Å². The molecule has 0 saturated carbocycles. The molecule has 0 aromatic rings. The number of rotatable bonds is 5. The Kier molecular flexibility index (Phi) is 5.66. The van der Waals surface area contributed by atoms with E-state index in [9.17, 15) is 4.79 Å². The predicted molar refractivity (Wildman–Crippen MR) is 47.5 cm³/mol. The van der Waals surface area contributed by atoms with Gasteiger partial charge in [0.2, 0.25) is 5.91 Å². The van der Waals surface area contributed by atoms with E-state index < -0.39 is 6.04 Å². The molecule has 0 unspecified atom stereocenters. The molecule has 0 aromatic heterocycles. The van der Waals surface area contributed by atoms with Gasteiger partial charge in [0.25, 0.3) is 0 Å². The number of hydrogen-bond donors (Lipinski definition) is 3. The van der Waals surface area contributed by atoms with E-state index in [1.807, 2.05) is 13.8 Å². The zero-order valence-corrected chi connectivity index (χ0v) is 7.71. The molecular formula is C8H18N2O2. The Morgan fingerprint density at radius 1 is 1.67 bits per heavy atom. The first-order valence-corrected chi connectivity index (χ1v) is 4.27. The molecule has 0 aliphatic rings. The number of aliphatic hydroxyl groups excluding tert-OH is 1. The maximum atomic E-state index is 11.2. The summed E-state index contributed by atoms with van der Waals surface area (Å²) in [6.45, 7) is 4.16. The number of carbonyl (C=O) groups is 1. The van der Waals surface area contributed by atoms with Gasteiger partial charge in [-0.05, 0) is 5.92 Å². The number of nitrogens with two attached hydrogens (primary N) is 1. The van der Waals surface area contributed by atoms with E-state index in [-0.39, 0.29) is 25.0 Å². The highest BCUT2D eigenvalue weighted by Crippen LogP contribution is 2.04. The first-order valence-electron chi connectivity index (χ1n) is 4.27. The summed E-state index contributed by atoms with van der Waals surface area (Å²) in [6.07, 6.45) is 0.883. The third-order valence-corrected chi connectivity index (χ3v) is 1.97. The van der Waals surface area contributed by atoms with Crippen molar-refractivity contribution in [2.24, 2.45) is 11.7 Å². The van der Waals surface area contributed by atoms with Gasteiger partial charge < -0.3 is 16.2 Å². The molecule has 0 bridgehead atoms. The summed E-state index contributed by atoms with van der Waals surface area (Å²) < 4.78 is 0. The van der Waals surface area contributed by atoms with E-state index >= 15 is 0 Å². The van der Waals surface area contributed by atoms with E-state index in [1.165, 1.54) is 0 Å². The van der Waals surface area contributed by atoms with Gasteiger partial charge >= 0.3 is 0 Å². The van der Waals surface area contributed by atoms with Gasteiger partial charge in [0, 0.05) is 6.54 Å². The van der Waals surface area contributed by atoms with Gasteiger partial charge in [-0.3, -0.25) is 4.79 Å². The van der Waals surface area contributed by atoms with Crippen LogP contribution in [-0.4, -0.2) is 30.2 Å². The first-order chi connectivity index (χ1) is 5.63. The largest absolute Gasteiger partial charge is 0.395 e. The molecule has 0 aliphatic heterocycles. The minimum Gasteiger partial charge on any atom is -0.395 e. The molecule has 0 aromatic carbocycles. The van der Waals surface area contributed by atoms with Crippen molar-refractivity contribution >= 4 is 5.91 Å². The fraction of sp³-hybridized carbons (Fsp3) is 0.875. The van der Waals surface area contributed by atoms with E-state index in [0.29, 0.717) is 0 Å². The average molecular weight is 174 g/mol. The van der Waals surface area contributed by atoms with Gasteiger partial charge in [-0.2, -0.15) is 0 Å². The highest BCUT2D eigenvalue weighted by atomic mass is 16.3. The van der Waals surface area contributed by atoms with Crippen molar-refractivity contribution in [1.82, 2.24) is 5.32 Å². The number of aliphatic hydroxyl groups is 1. The molecule has 2 atom stereocenters. The number of hydrogen-bond acceptors (Lipinski definition) is 3. The molecule has 0 radical (unpaired) electrons. The monoisotopic (exact) mass is 174 g/mol. The van der Waals surface area contributed by atoms with Gasteiger partial charge in [0.1, 0.15) is 0 Å². The van der Waals surface area contributed by atoms with Crippen LogP contribution in [-0.2, 0) is 4.79 Å². The Hall–Kier alpha value is -0.610. The Labute approximate surface area is 73.1 Å². The Morgan fingerprint density at radius 3 is 2.67 bits per heavy atom. The molecule has 0 heterocycles. The second-order valence-electron chi connectivity index (χ2n) is 2.93. The van der Waals surface area contributed by atoms with Crippen LogP contribution in [0.1, 0.15) is 20.3 Å². The smallest absolute Gasteiger partial charge is 0.237 e. The van der Waals surface area contributed by atoms with Crippen molar-refractivity contribution in [3.63, 3.8) is 0 Å². The highest BCUT2D eigenvalue weighted by Gasteiger charge is 2.18. The predicted octanol–water partition coefficient (Wildman–Crippen LogP) is -0.532. The molecule has 0 aliphatic carbocycles. The van der Waals surface area contributed by atoms with Crippen LogP contribution in [0.5, 0.6) is 0 Å². The molecule has 4 heteroatoms. The quantitative estimate of drug-likeness (QED) is 0.524. The third-order valence-electron chi connectivity index (χ3n) is 1.97. The van der Waals surface area contributed by atoms with Crippen molar-refractivity contribution in [2.45, 2.75) is 26.3 Å². The van der Waals surface area contributed by atoms with Gasteiger partial charge in [0.15, 0.2) is 0 Å². The molecular weight excluding hydrogens is 156 g/mol. The fourth-order valence-corrected chi connectivity index (χ4v) is 0.809. The van der Waals surface area contributed by atoms with Crippen molar-refractivity contribution in [3.8, 4) is 0 Å². The van der Waals surface area contributed by atoms with Crippen LogP contribution in [0, 0.1) is 5.92 Å². The molecule has 0 rings (SSSR count). The Balaban J connectivity index is 3.75.